The van der Waals surface area contributed by atoms with Crippen molar-refractivity contribution in [3.8, 4) is 11.8 Å². The van der Waals surface area contributed by atoms with Crippen LogP contribution in [0.25, 0.3) is 6.08 Å². The third-order valence-electron chi connectivity index (χ3n) is 3.36. The average Bonchev–Trinajstić information content (AvgIpc) is 2.57. The molecule has 2 aromatic carbocycles. The molecule has 2 rings (SSSR count). The highest BCUT2D eigenvalue weighted by atomic mass is 127. The lowest BCUT2D eigenvalue weighted by Crippen LogP contribution is -2.14. The lowest BCUT2D eigenvalue weighted by atomic mass is 10.1. The number of phenols is 1. The zero-order chi connectivity index (χ0) is 18.6. The van der Waals surface area contributed by atoms with Crippen molar-refractivity contribution in [2.24, 2.45) is 0 Å². The standard InChI is InChI=1S/C18H15I2N3O2/c1-23(2)15-5-3-14(4-6-15)22-18(25)12(10-21)7-11-8-13(19)9-16(20)17(11)24/h3-9,24H,1-2H3,(H,22,25)/b12-7-. The molecule has 2 N–H and O–H groups in total. The van der Waals surface area contributed by atoms with E-state index in [1.807, 2.05) is 65.9 Å². The van der Waals surface area contributed by atoms with Crippen molar-refractivity contribution in [1.29, 1.82) is 5.26 Å². The summed E-state index contributed by atoms with van der Waals surface area (Å²) in [6.45, 7) is 0. The highest BCUT2D eigenvalue weighted by molar-refractivity contribution is 14.1. The summed E-state index contributed by atoms with van der Waals surface area (Å²) in [7, 11) is 3.86. The molecule has 0 unspecified atom stereocenters. The van der Waals surface area contributed by atoms with Crippen LogP contribution in [0.4, 0.5) is 11.4 Å². The Morgan fingerprint density at radius 1 is 1.24 bits per heavy atom. The summed E-state index contributed by atoms with van der Waals surface area (Å²) in [6, 6.07) is 12.7. The van der Waals surface area contributed by atoms with E-state index in [1.54, 1.807) is 18.2 Å². The van der Waals surface area contributed by atoms with Gasteiger partial charge in [0.2, 0.25) is 0 Å². The number of nitrogens with one attached hydrogen (secondary N) is 1. The molecule has 0 aliphatic carbocycles. The van der Waals surface area contributed by atoms with Crippen molar-refractivity contribution in [2.75, 3.05) is 24.3 Å². The first-order valence-electron chi connectivity index (χ1n) is 7.20. The average molecular weight is 559 g/mol. The quantitative estimate of drug-likeness (QED) is 0.335. The Hall–Kier alpha value is -1.80. The molecule has 25 heavy (non-hydrogen) atoms. The molecule has 2 aromatic rings. The SMILES string of the molecule is CN(C)c1ccc(NC(=O)/C(C#N)=C\c2cc(I)cc(I)c2O)cc1. The fourth-order valence-electron chi connectivity index (χ4n) is 2.04. The van der Waals surface area contributed by atoms with Gasteiger partial charge in [0.25, 0.3) is 5.91 Å². The van der Waals surface area contributed by atoms with Crippen LogP contribution in [0, 0.1) is 18.5 Å². The number of aromatic hydroxyl groups is 1. The Balaban J connectivity index is 2.26. The van der Waals surface area contributed by atoms with Gasteiger partial charge in [-0.3, -0.25) is 4.79 Å². The molecular formula is C18H15I2N3O2. The van der Waals surface area contributed by atoms with Gasteiger partial charge < -0.3 is 15.3 Å². The van der Waals surface area contributed by atoms with Crippen molar-refractivity contribution in [3.05, 3.63) is 54.7 Å². The molecule has 0 saturated heterocycles. The van der Waals surface area contributed by atoms with Gasteiger partial charge in [0.1, 0.15) is 17.4 Å². The van der Waals surface area contributed by atoms with Crippen LogP contribution in [0.3, 0.4) is 0 Å². The number of phenolic OH excluding ortho intramolecular Hbond substituents is 1. The number of halogens is 2. The molecule has 0 aliphatic rings. The van der Waals surface area contributed by atoms with E-state index in [2.05, 4.69) is 27.9 Å². The Morgan fingerprint density at radius 3 is 2.44 bits per heavy atom. The minimum atomic E-state index is -0.520. The van der Waals surface area contributed by atoms with Crippen LogP contribution in [0.5, 0.6) is 5.75 Å². The molecule has 0 radical (unpaired) electrons. The van der Waals surface area contributed by atoms with Crippen LogP contribution in [-0.2, 0) is 4.79 Å². The summed E-state index contributed by atoms with van der Waals surface area (Å²) in [5, 5.41) is 22.1. The summed E-state index contributed by atoms with van der Waals surface area (Å²) in [6.07, 6.45) is 1.39. The van der Waals surface area contributed by atoms with E-state index in [-0.39, 0.29) is 11.3 Å². The second kappa shape index (κ2) is 8.53. The highest BCUT2D eigenvalue weighted by Crippen LogP contribution is 2.29. The van der Waals surface area contributed by atoms with Crippen molar-refractivity contribution >= 4 is 68.5 Å². The van der Waals surface area contributed by atoms with Gasteiger partial charge in [0.05, 0.1) is 3.57 Å². The van der Waals surface area contributed by atoms with Crippen molar-refractivity contribution in [2.45, 2.75) is 0 Å². The van der Waals surface area contributed by atoms with Gasteiger partial charge in [-0.05, 0) is 87.7 Å². The number of anilines is 2. The maximum atomic E-state index is 12.4. The summed E-state index contributed by atoms with van der Waals surface area (Å²) < 4.78 is 1.57. The Kier molecular flexibility index (Phi) is 6.66. The first kappa shape index (κ1) is 19.5. The summed E-state index contributed by atoms with van der Waals surface area (Å²) in [5.41, 5.74) is 1.96. The monoisotopic (exact) mass is 559 g/mol. The number of amides is 1. The lowest BCUT2D eigenvalue weighted by Gasteiger charge is -2.13. The topological polar surface area (TPSA) is 76.4 Å². The molecule has 5 nitrogen and oxygen atoms in total. The number of hydrogen-bond donors (Lipinski definition) is 2. The van der Waals surface area contributed by atoms with Gasteiger partial charge in [-0.2, -0.15) is 5.26 Å². The molecule has 0 aromatic heterocycles. The largest absolute Gasteiger partial charge is 0.506 e. The molecule has 7 heteroatoms. The van der Waals surface area contributed by atoms with Crippen LogP contribution >= 0.6 is 45.2 Å². The number of rotatable bonds is 4. The predicted octanol–water partition coefficient (Wildman–Crippen LogP) is 4.21. The van der Waals surface area contributed by atoms with Crippen molar-refractivity contribution in [1.82, 2.24) is 0 Å². The molecular weight excluding hydrogens is 544 g/mol. The van der Waals surface area contributed by atoms with Crippen LogP contribution in [0.1, 0.15) is 5.56 Å². The van der Waals surface area contributed by atoms with Gasteiger partial charge in [-0.15, -0.1) is 0 Å². The maximum absolute atomic E-state index is 12.4. The number of hydrogen-bond acceptors (Lipinski definition) is 4. The van der Waals surface area contributed by atoms with Gasteiger partial charge in [0.15, 0.2) is 0 Å². The van der Waals surface area contributed by atoms with Crippen molar-refractivity contribution in [3.63, 3.8) is 0 Å². The Labute approximate surface area is 173 Å². The van der Waals surface area contributed by atoms with E-state index in [0.717, 1.165) is 9.26 Å². The van der Waals surface area contributed by atoms with Crippen LogP contribution in [0.2, 0.25) is 0 Å². The van der Waals surface area contributed by atoms with Crippen LogP contribution in [0.15, 0.2) is 42.0 Å². The van der Waals surface area contributed by atoms with Crippen LogP contribution in [-0.4, -0.2) is 25.1 Å². The number of carbonyl (C=O) groups is 1. The number of benzene rings is 2. The number of carbonyl (C=O) groups excluding carboxylic acids is 1. The van der Waals surface area contributed by atoms with E-state index >= 15 is 0 Å². The van der Waals surface area contributed by atoms with Gasteiger partial charge in [-0.1, -0.05) is 0 Å². The fraction of sp³-hybridized carbons (Fsp3) is 0.111. The molecule has 0 aliphatic heterocycles. The highest BCUT2D eigenvalue weighted by Gasteiger charge is 2.13. The second-order valence-corrected chi connectivity index (χ2v) is 7.80. The third-order valence-corrected chi connectivity index (χ3v) is 4.81. The molecule has 0 saturated carbocycles. The van der Waals surface area contributed by atoms with E-state index < -0.39 is 5.91 Å². The first-order valence-corrected chi connectivity index (χ1v) is 9.36. The molecule has 0 atom stereocenters. The first-order chi connectivity index (χ1) is 11.8. The zero-order valence-electron chi connectivity index (χ0n) is 13.5. The lowest BCUT2D eigenvalue weighted by molar-refractivity contribution is -0.112. The maximum Gasteiger partial charge on any atom is 0.266 e. The van der Waals surface area contributed by atoms with Gasteiger partial charge >= 0.3 is 0 Å². The summed E-state index contributed by atoms with van der Waals surface area (Å²) in [4.78, 5) is 14.3. The number of nitriles is 1. The molecule has 0 spiro atoms. The number of nitrogens with zero attached hydrogens (tertiary/aromatic N) is 2. The molecule has 1 amide bonds. The molecule has 0 bridgehead atoms. The van der Waals surface area contributed by atoms with E-state index in [0.29, 0.717) is 14.8 Å². The van der Waals surface area contributed by atoms with Crippen LogP contribution < -0.4 is 10.2 Å². The zero-order valence-corrected chi connectivity index (χ0v) is 17.9. The minimum Gasteiger partial charge on any atom is -0.506 e. The van der Waals surface area contributed by atoms with E-state index in [1.165, 1.54) is 6.08 Å². The Bertz CT molecular complexity index is 869. The Morgan fingerprint density at radius 2 is 1.88 bits per heavy atom. The third kappa shape index (κ3) is 5.09. The molecule has 0 heterocycles. The second-order valence-electron chi connectivity index (χ2n) is 5.39. The van der Waals surface area contributed by atoms with Gasteiger partial charge in [0, 0.05) is 34.6 Å². The van der Waals surface area contributed by atoms with Gasteiger partial charge in [-0.25, -0.2) is 0 Å². The summed E-state index contributed by atoms with van der Waals surface area (Å²) in [5.74, 6) is -0.467. The van der Waals surface area contributed by atoms with E-state index in [4.69, 9.17) is 0 Å². The smallest absolute Gasteiger partial charge is 0.266 e. The normalized spacial score (nSPS) is 10.9. The van der Waals surface area contributed by atoms with E-state index in [9.17, 15) is 15.2 Å². The summed E-state index contributed by atoms with van der Waals surface area (Å²) >= 11 is 4.13. The molecule has 128 valence electrons. The fourth-order valence-corrected chi connectivity index (χ4v) is 3.93. The molecule has 0 fully saturated rings. The minimum absolute atomic E-state index is 0.0527. The predicted molar refractivity (Wildman–Crippen MR) is 117 cm³/mol. The van der Waals surface area contributed by atoms with Crippen molar-refractivity contribution < 1.29 is 9.90 Å².